The molecule has 1 aromatic rings. The molecular weight excluding hydrogens is 202 g/mol. The van der Waals surface area contributed by atoms with Crippen LogP contribution >= 0.6 is 0 Å². The zero-order valence-electron chi connectivity index (χ0n) is 7.63. The minimum absolute atomic E-state index is 0.383. The maximum Gasteiger partial charge on any atom is 0.236 e. The van der Waals surface area contributed by atoms with Gasteiger partial charge in [0.2, 0.25) is 10.0 Å². The summed E-state index contributed by atoms with van der Waals surface area (Å²) in [5.41, 5.74) is 0.918. The van der Waals surface area contributed by atoms with E-state index < -0.39 is 10.0 Å². The Bertz CT molecular complexity index is 449. The maximum atomic E-state index is 11.5. The molecule has 0 aliphatic carbocycles. The zero-order valence-corrected chi connectivity index (χ0v) is 8.44. The monoisotopic (exact) mass is 213 g/mol. The van der Waals surface area contributed by atoms with E-state index in [0.717, 1.165) is 11.1 Å². The fraction of sp³-hybridized carbons (Fsp3) is 0.375. The summed E-state index contributed by atoms with van der Waals surface area (Å²) in [6, 6.07) is 1.82. The van der Waals surface area contributed by atoms with Gasteiger partial charge in [0, 0.05) is 18.1 Å². The second kappa shape index (κ2) is 3.21. The average molecular weight is 213 g/mol. The SMILES string of the molecule is C=CS(=O)(=O)N1CCn2nccc2C1. The van der Waals surface area contributed by atoms with E-state index >= 15 is 0 Å². The predicted molar refractivity (Wildman–Crippen MR) is 51.8 cm³/mol. The van der Waals surface area contributed by atoms with Crippen molar-refractivity contribution in [3.8, 4) is 0 Å². The average Bonchev–Trinajstić information content (AvgIpc) is 2.64. The molecule has 0 unspecified atom stereocenters. The van der Waals surface area contributed by atoms with Crippen molar-refractivity contribution in [3.05, 3.63) is 29.9 Å². The number of aromatic nitrogens is 2. The first kappa shape index (κ1) is 9.42. The van der Waals surface area contributed by atoms with Gasteiger partial charge in [-0.1, -0.05) is 6.58 Å². The third kappa shape index (κ3) is 1.46. The van der Waals surface area contributed by atoms with Crippen molar-refractivity contribution >= 4 is 10.0 Å². The molecule has 0 saturated carbocycles. The van der Waals surface area contributed by atoms with Crippen LogP contribution in [-0.2, 0) is 23.1 Å². The quantitative estimate of drug-likeness (QED) is 0.703. The molecule has 76 valence electrons. The van der Waals surface area contributed by atoms with Gasteiger partial charge in [0.15, 0.2) is 0 Å². The van der Waals surface area contributed by atoms with E-state index in [1.54, 1.807) is 6.20 Å². The van der Waals surface area contributed by atoms with Crippen molar-refractivity contribution in [3.63, 3.8) is 0 Å². The predicted octanol–water partition coefficient (Wildman–Crippen LogP) is 0.172. The molecule has 5 nitrogen and oxygen atoms in total. The molecule has 0 saturated heterocycles. The van der Waals surface area contributed by atoms with Crippen LogP contribution in [0.4, 0.5) is 0 Å². The van der Waals surface area contributed by atoms with Crippen molar-refractivity contribution in [1.29, 1.82) is 0 Å². The van der Waals surface area contributed by atoms with Crippen LogP contribution in [0.1, 0.15) is 5.69 Å². The van der Waals surface area contributed by atoms with Gasteiger partial charge in [-0.25, -0.2) is 8.42 Å². The summed E-state index contributed by atoms with van der Waals surface area (Å²) in [4.78, 5) is 0. The van der Waals surface area contributed by atoms with Gasteiger partial charge in [-0.15, -0.1) is 0 Å². The third-order valence-corrected chi connectivity index (χ3v) is 3.73. The lowest BCUT2D eigenvalue weighted by Gasteiger charge is -2.25. The van der Waals surface area contributed by atoms with Gasteiger partial charge >= 0.3 is 0 Å². The van der Waals surface area contributed by atoms with Crippen LogP contribution in [-0.4, -0.2) is 29.0 Å². The first-order chi connectivity index (χ1) is 6.63. The zero-order chi connectivity index (χ0) is 10.2. The van der Waals surface area contributed by atoms with E-state index in [4.69, 9.17) is 0 Å². The fourth-order valence-electron chi connectivity index (χ4n) is 1.48. The van der Waals surface area contributed by atoms with Crippen LogP contribution in [0.3, 0.4) is 0 Å². The molecule has 1 aliphatic rings. The van der Waals surface area contributed by atoms with Gasteiger partial charge in [-0.2, -0.15) is 9.40 Å². The minimum atomic E-state index is -3.29. The van der Waals surface area contributed by atoms with Crippen LogP contribution in [0.15, 0.2) is 24.3 Å². The molecule has 0 amide bonds. The highest BCUT2D eigenvalue weighted by Gasteiger charge is 2.24. The van der Waals surface area contributed by atoms with E-state index in [-0.39, 0.29) is 0 Å². The Morgan fingerprint density at radius 2 is 2.29 bits per heavy atom. The first-order valence-corrected chi connectivity index (χ1v) is 5.77. The van der Waals surface area contributed by atoms with Crippen LogP contribution in [0.5, 0.6) is 0 Å². The largest absolute Gasteiger partial charge is 0.267 e. The Labute approximate surface area is 82.7 Å². The van der Waals surface area contributed by atoms with Crippen LogP contribution in [0.25, 0.3) is 0 Å². The Morgan fingerprint density at radius 1 is 1.50 bits per heavy atom. The normalized spacial score (nSPS) is 17.7. The summed E-state index contributed by atoms with van der Waals surface area (Å²) < 4.78 is 26.1. The number of fused-ring (bicyclic) bond motifs is 1. The highest BCUT2D eigenvalue weighted by atomic mass is 32.2. The molecule has 14 heavy (non-hydrogen) atoms. The highest BCUT2D eigenvalue weighted by Crippen LogP contribution is 2.14. The Balaban J connectivity index is 2.27. The lowest BCUT2D eigenvalue weighted by atomic mass is 10.3. The van der Waals surface area contributed by atoms with Crippen molar-refractivity contribution in [2.45, 2.75) is 13.1 Å². The van der Waals surface area contributed by atoms with Crippen molar-refractivity contribution < 1.29 is 8.42 Å². The van der Waals surface area contributed by atoms with E-state index in [1.807, 2.05) is 10.7 Å². The summed E-state index contributed by atoms with van der Waals surface area (Å²) in [6.07, 6.45) is 1.68. The van der Waals surface area contributed by atoms with Crippen LogP contribution < -0.4 is 0 Å². The molecule has 1 aromatic heterocycles. The van der Waals surface area contributed by atoms with Gasteiger partial charge in [0.05, 0.1) is 18.8 Å². The Morgan fingerprint density at radius 3 is 3.00 bits per heavy atom. The molecule has 6 heteroatoms. The van der Waals surface area contributed by atoms with Crippen molar-refractivity contribution in [2.24, 2.45) is 0 Å². The van der Waals surface area contributed by atoms with Crippen LogP contribution in [0.2, 0.25) is 0 Å². The lowest BCUT2D eigenvalue weighted by molar-refractivity contribution is 0.330. The molecule has 0 aromatic carbocycles. The van der Waals surface area contributed by atoms with Crippen molar-refractivity contribution in [1.82, 2.24) is 14.1 Å². The van der Waals surface area contributed by atoms with Gasteiger partial charge in [0.1, 0.15) is 0 Å². The Kier molecular flexibility index (Phi) is 2.16. The Hall–Kier alpha value is -1.14. The van der Waals surface area contributed by atoms with E-state index in [9.17, 15) is 8.42 Å². The minimum Gasteiger partial charge on any atom is -0.267 e. The lowest BCUT2D eigenvalue weighted by Crippen LogP contribution is -2.37. The standard InChI is InChI=1S/C8H11N3O2S/c1-2-14(12,13)10-5-6-11-8(7-10)3-4-9-11/h2-4H,1,5-7H2. The fourth-order valence-corrected chi connectivity index (χ4v) is 2.34. The summed E-state index contributed by atoms with van der Waals surface area (Å²) in [5, 5.41) is 5.05. The maximum absolute atomic E-state index is 11.5. The topological polar surface area (TPSA) is 55.2 Å². The van der Waals surface area contributed by atoms with Gasteiger partial charge < -0.3 is 0 Å². The molecule has 0 fully saturated rings. The summed E-state index contributed by atoms with van der Waals surface area (Å²) in [7, 11) is -3.29. The number of hydrogen-bond acceptors (Lipinski definition) is 3. The number of nitrogens with zero attached hydrogens (tertiary/aromatic N) is 3. The smallest absolute Gasteiger partial charge is 0.236 e. The first-order valence-electron chi connectivity index (χ1n) is 4.27. The molecule has 0 bridgehead atoms. The molecule has 0 spiro atoms. The third-order valence-electron chi connectivity index (χ3n) is 2.27. The van der Waals surface area contributed by atoms with Gasteiger partial charge in [-0.05, 0) is 6.07 Å². The summed E-state index contributed by atoms with van der Waals surface area (Å²) >= 11 is 0. The number of hydrogen-bond donors (Lipinski definition) is 0. The molecule has 2 heterocycles. The number of rotatable bonds is 2. The molecule has 1 aliphatic heterocycles. The molecule has 0 atom stereocenters. The summed E-state index contributed by atoms with van der Waals surface area (Å²) in [6.45, 7) is 4.75. The van der Waals surface area contributed by atoms with E-state index in [0.29, 0.717) is 19.6 Å². The number of sulfonamides is 1. The van der Waals surface area contributed by atoms with Crippen molar-refractivity contribution in [2.75, 3.05) is 6.54 Å². The van der Waals surface area contributed by atoms with E-state index in [2.05, 4.69) is 11.7 Å². The molecule has 0 radical (unpaired) electrons. The second-order valence-corrected chi connectivity index (χ2v) is 4.97. The summed E-state index contributed by atoms with van der Waals surface area (Å²) in [5.74, 6) is 0. The molecular formula is C8H11N3O2S. The molecule has 0 N–H and O–H groups in total. The second-order valence-electron chi connectivity index (χ2n) is 3.09. The molecule has 2 rings (SSSR count). The highest BCUT2D eigenvalue weighted by molar-refractivity contribution is 7.91. The van der Waals surface area contributed by atoms with E-state index in [1.165, 1.54) is 4.31 Å². The van der Waals surface area contributed by atoms with Crippen LogP contribution in [0, 0.1) is 0 Å². The van der Waals surface area contributed by atoms with Gasteiger partial charge in [-0.3, -0.25) is 4.68 Å². The van der Waals surface area contributed by atoms with Gasteiger partial charge in [0.25, 0.3) is 0 Å².